The van der Waals surface area contributed by atoms with E-state index in [-0.39, 0.29) is 6.04 Å². The number of benzene rings is 1. The fourth-order valence-corrected chi connectivity index (χ4v) is 3.25. The maximum Gasteiger partial charge on any atom is 0.341 e. The van der Waals surface area contributed by atoms with E-state index in [9.17, 15) is 4.79 Å². The van der Waals surface area contributed by atoms with Crippen molar-refractivity contribution in [2.75, 3.05) is 13.7 Å². The van der Waals surface area contributed by atoms with Gasteiger partial charge >= 0.3 is 5.97 Å². The van der Waals surface area contributed by atoms with Crippen LogP contribution in [0.1, 0.15) is 41.7 Å². The Morgan fingerprint density at radius 3 is 2.86 bits per heavy atom. The number of aromatic nitrogens is 4. The maximum absolute atomic E-state index is 12.5. The standard InChI is InChI=1S/C21H23N5O3/c1-4-28-20(27)15-12-22-26(21-23-16-8-5-6-9-17(16)24-21)18(15)13-25(3)14(2)19-10-7-11-29-19/h5-12,14H,4,13H2,1-3H3,(H,23,24)/t14-/m1/s1. The minimum atomic E-state index is -0.399. The molecule has 8 heteroatoms. The van der Waals surface area contributed by atoms with Crippen LogP contribution in [0.3, 0.4) is 0 Å². The van der Waals surface area contributed by atoms with Crippen LogP contribution in [0.5, 0.6) is 0 Å². The van der Waals surface area contributed by atoms with Crippen LogP contribution >= 0.6 is 0 Å². The third kappa shape index (κ3) is 3.66. The Morgan fingerprint density at radius 2 is 2.14 bits per heavy atom. The molecule has 1 N–H and O–H groups in total. The lowest BCUT2D eigenvalue weighted by Gasteiger charge is -2.23. The Kier molecular flexibility index (Phi) is 5.18. The number of para-hydroxylation sites is 2. The predicted molar refractivity (Wildman–Crippen MR) is 108 cm³/mol. The van der Waals surface area contributed by atoms with E-state index in [1.165, 1.54) is 6.20 Å². The summed E-state index contributed by atoms with van der Waals surface area (Å²) < 4.78 is 12.4. The molecule has 150 valence electrons. The zero-order valence-electron chi connectivity index (χ0n) is 16.6. The van der Waals surface area contributed by atoms with E-state index < -0.39 is 5.97 Å². The Hall–Kier alpha value is -3.39. The van der Waals surface area contributed by atoms with Crippen LogP contribution in [0.2, 0.25) is 0 Å². The van der Waals surface area contributed by atoms with E-state index in [0.717, 1.165) is 16.8 Å². The summed E-state index contributed by atoms with van der Waals surface area (Å²) in [6.45, 7) is 4.58. The Labute approximate surface area is 168 Å². The lowest BCUT2D eigenvalue weighted by Crippen LogP contribution is -2.25. The van der Waals surface area contributed by atoms with Gasteiger partial charge in [-0.1, -0.05) is 12.1 Å². The van der Waals surface area contributed by atoms with Gasteiger partial charge in [0.1, 0.15) is 11.3 Å². The average molecular weight is 393 g/mol. The summed E-state index contributed by atoms with van der Waals surface area (Å²) in [5.74, 6) is 1.000. The SMILES string of the molecule is CCOC(=O)c1cnn(-c2nc3ccccc3[nH]2)c1CN(C)[C@H](C)c1ccco1. The topological polar surface area (TPSA) is 89.2 Å². The molecule has 0 aliphatic heterocycles. The minimum Gasteiger partial charge on any atom is -0.468 e. The molecule has 0 radical (unpaired) electrons. The van der Waals surface area contributed by atoms with Crippen LogP contribution in [-0.4, -0.2) is 44.3 Å². The summed E-state index contributed by atoms with van der Waals surface area (Å²) in [6, 6.07) is 11.6. The normalized spacial score (nSPS) is 12.6. The number of carbonyl (C=O) groups is 1. The van der Waals surface area contributed by atoms with Crippen molar-refractivity contribution in [2.45, 2.75) is 26.4 Å². The van der Waals surface area contributed by atoms with Gasteiger partial charge in [0.15, 0.2) is 0 Å². The molecule has 0 saturated carbocycles. The van der Waals surface area contributed by atoms with Gasteiger partial charge in [-0.15, -0.1) is 0 Å². The largest absolute Gasteiger partial charge is 0.468 e. The van der Waals surface area contributed by atoms with Crippen molar-refractivity contribution in [1.29, 1.82) is 0 Å². The third-order valence-corrected chi connectivity index (χ3v) is 4.96. The lowest BCUT2D eigenvalue weighted by atomic mass is 10.2. The minimum absolute atomic E-state index is 0.0130. The highest BCUT2D eigenvalue weighted by molar-refractivity contribution is 5.90. The number of hydrogen-bond donors (Lipinski definition) is 1. The van der Waals surface area contributed by atoms with E-state index >= 15 is 0 Å². The summed E-state index contributed by atoms with van der Waals surface area (Å²) in [5.41, 5.74) is 2.85. The van der Waals surface area contributed by atoms with E-state index in [4.69, 9.17) is 9.15 Å². The number of rotatable bonds is 7. The first kappa shape index (κ1) is 18.9. The highest BCUT2D eigenvalue weighted by Gasteiger charge is 2.24. The van der Waals surface area contributed by atoms with E-state index in [0.29, 0.717) is 30.4 Å². The zero-order valence-corrected chi connectivity index (χ0v) is 16.6. The number of hydrogen-bond acceptors (Lipinski definition) is 6. The second-order valence-corrected chi connectivity index (χ2v) is 6.82. The van der Waals surface area contributed by atoms with Crippen molar-refractivity contribution in [2.24, 2.45) is 0 Å². The molecule has 4 aromatic rings. The van der Waals surface area contributed by atoms with Gasteiger partial charge in [-0.3, -0.25) is 4.90 Å². The van der Waals surface area contributed by atoms with Crippen molar-refractivity contribution in [3.63, 3.8) is 0 Å². The fraction of sp³-hybridized carbons (Fsp3) is 0.286. The molecule has 0 amide bonds. The van der Waals surface area contributed by atoms with Gasteiger partial charge in [-0.05, 0) is 45.2 Å². The maximum atomic E-state index is 12.5. The van der Waals surface area contributed by atoms with Crippen molar-refractivity contribution >= 4 is 17.0 Å². The molecular formula is C21H23N5O3. The van der Waals surface area contributed by atoms with E-state index in [1.54, 1.807) is 17.9 Å². The number of aromatic amines is 1. The monoisotopic (exact) mass is 393 g/mol. The summed E-state index contributed by atoms with van der Waals surface area (Å²) in [4.78, 5) is 22.5. The summed E-state index contributed by atoms with van der Waals surface area (Å²) in [6.07, 6.45) is 3.19. The molecule has 8 nitrogen and oxygen atoms in total. The van der Waals surface area contributed by atoms with Crippen molar-refractivity contribution in [1.82, 2.24) is 24.6 Å². The first-order valence-electron chi connectivity index (χ1n) is 9.51. The molecule has 0 saturated heterocycles. The van der Waals surface area contributed by atoms with E-state index in [1.807, 2.05) is 50.4 Å². The molecule has 29 heavy (non-hydrogen) atoms. The summed E-state index contributed by atoms with van der Waals surface area (Å²) in [7, 11) is 1.97. The number of nitrogens with zero attached hydrogens (tertiary/aromatic N) is 4. The fourth-order valence-electron chi connectivity index (χ4n) is 3.25. The Morgan fingerprint density at radius 1 is 1.31 bits per heavy atom. The molecule has 0 spiro atoms. The second kappa shape index (κ2) is 7.92. The quantitative estimate of drug-likeness (QED) is 0.482. The molecule has 0 aliphatic carbocycles. The Bertz CT molecular complexity index is 1080. The molecule has 0 bridgehead atoms. The van der Waals surface area contributed by atoms with E-state index in [2.05, 4.69) is 20.0 Å². The summed E-state index contributed by atoms with van der Waals surface area (Å²) >= 11 is 0. The number of H-pyrrole nitrogens is 1. The number of esters is 1. The molecule has 3 aromatic heterocycles. The van der Waals surface area contributed by atoms with Gasteiger partial charge in [0.25, 0.3) is 0 Å². The molecule has 1 aromatic carbocycles. The molecule has 1 atom stereocenters. The first-order chi connectivity index (χ1) is 14.1. The predicted octanol–water partition coefficient (Wildman–Crippen LogP) is 3.71. The van der Waals surface area contributed by atoms with Gasteiger partial charge in [0.05, 0.1) is 41.8 Å². The average Bonchev–Trinajstić information content (AvgIpc) is 3.46. The number of furan rings is 1. The molecule has 0 unspecified atom stereocenters. The van der Waals surface area contributed by atoms with Crippen LogP contribution < -0.4 is 0 Å². The second-order valence-electron chi connectivity index (χ2n) is 6.82. The summed E-state index contributed by atoms with van der Waals surface area (Å²) in [5, 5.41) is 4.43. The number of carbonyl (C=O) groups excluding carboxylic acids is 1. The van der Waals surface area contributed by atoms with Crippen LogP contribution in [0.4, 0.5) is 0 Å². The molecule has 0 aliphatic rings. The van der Waals surface area contributed by atoms with Crippen LogP contribution in [-0.2, 0) is 11.3 Å². The zero-order chi connectivity index (χ0) is 20.4. The number of fused-ring (bicyclic) bond motifs is 1. The highest BCUT2D eigenvalue weighted by Crippen LogP contribution is 2.24. The van der Waals surface area contributed by atoms with Gasteiger partial charge in [0, 0.05) is 6.54 Å². The first-order valence-corrected chi connectivity index (χ1v) is 9.51. The van der Waals surface area contributed by atoms with Crippen LogP contribution in [0.25, 0.3) is 17.0 Å². The molecular weight excluding hydrogens is 370 g/mol. The van der Waals surface area contributed by atoms with Crippen molar-refractivity contribution in [3.05, 3.63) is 65.9 Å². The number of imidazole rings is 1. The molecule has 3 heterocycles. The van der Waals surface area contributed by atoms with Gasteiger partial charge in [-0.2, -0.15) is 5.10 Å². The molecule has 0 fully saturated rings. The molecule has 4 rings (SSSR count). The van der Waals surface area contributed by atoms with Crippen LogP contribution in [0, 0.1) is 0 Å². The number of ether oxygens (including phenoxy) is 1. The Balaban J connectivity index is 1.72. The van der Waals surface area contributed by atoms with Crippen molar-refractivity contribution in [3.8, 4) is 5.95 Å². The third-order valence-electron chi connectivity index (χ3n) is 4.96. The number of nitrogens with one attached hydrogen (secondary N) is 1. The smallest absolute Gasteiger partial charge is 0.341 e. The lowest BCUT2D eigenvalue weighted by molar-refractivity contribution is 0.0523. The van der Waals surface area contributed by atoms with Crippen molar-refractivity contribution < 1.29 is 13.9 Å². The van der Waals surface area contributed by atoms with Gasteiger partial charge in [-0.25, -0.2) is 14.5 Å². The van der Waals surface area contributed by atoms with Crippen LogP contribution in [0.15, 0.2) is 53.3 Å². The highest BCUT2D eigenvalue weighted by atomic mass is 16.5. The van der Waals surface area contributed by atoms with Gasteiger partial charge < -0.3 is 14.1 Å². The van der Waals surface area contributed by atoms with Gasteiger partial charge in [0.2, 0.25) is 5.95 Å².